The van der Waals surface area contributed by atoms with Crippen LogP contribution in [0.15, 0.2) is 35.1 Å². The average Bonchev–Trinajstić information content (AvgIpc) is 2.70. The van der Waals surface area contributed by atoms with Crippen molar-refractivity contribution in [2.24, 2.45) is 0 Å². The number of methoxy groups -OCH3 is 1. The minimum absolute atomic E-state index is 0.806. The summed E-state index contributed by atoms with van der Waals surface area (Å²) in [6.07, 6.45) is 1.56. The number of ether oxygens (including phenoxy) is 1. The Hall–Kier alpha value is -1.77. The highest BCUT2D eigenvalue weighted by Crippen LogP contribution is 2.31. The van der Waals surface area contributed by atoms with Gasteiger partial charge in [0.1, 0.15) is 17.7 Å². The molecule has 0 aliphatic rings. The monoisotopic (exact) mass is 189 g/mol. The van der Waals surface area contributed by atoms with Crippen LogP contribution in [0.1, 0.15) is 5.56 Å². The highest BCUT2D eigenvalue weighted by Gasteiger charge is 2.10. The topological polar surface area (TPSA) is 35.3 Å². The first-order valence-corrected chi connectivity index (χ1v) is 4.37. The van der Waals surface area contributed by atoms with E-state index in [0.717, 1.165) is 22.6 Å². The predicted molar refractivity (Wildman–Crippen MR) is 53.2 cm³/mol. The number of aryl methyl sites for hydroxylation is 1. The second-order valence-electron chi connectivity index (χ2n) is 3.04. The smallest absolute Gasteiger partial charge is 0.128 e. The molecule has 0 saturated carbocycles. The quantitative estimate of drug-likeness (QED) is 0.728. The molecule has 0 bridgehead atoms. The normalized spacial score (nSPS) is 10.1. The lowest BCUT2D eigenvalue weighted by Crippen LogP contribution is -1.90. The molecule has 0 saturated heterocycles. The Morgan fingerprint density at radius 3 is 2.79 bits per heavy atom. The summed E-state index contributed by atoms with van der Waals surface area (Å²) in [5.41, 5.74) is 2.92. The number of benzene rings is 1. The summed E-state index contributed by atoms with van der Waals surface area (Å²) in [5, 5.41) is 3.90. The zero-order chi connectivity index (χ0) is 9.97. The number of hydrogen-bond acceptors (Lipinski definition) is 3. The third kappa shape index (κ3) is 1.37. The van der Waals surface area contributed by atoms with Gasteiger partial charge in [0.2, 0.25) is 0 Å². The lowest BCUT2D eigenvalue weighted by molar-refractivity contribution is 0.411. The molecule has 0 spiro atoms. The van der Waals surface area contributed by atoms with Crippen LogP contribution in [-0.4, -0.2) is 12.3 Å². The number of hydrogen-bond donors (Lipinski definition) is 0. The third-order valence-electron chi connectivity index (χ3n) is 2.15. The Bertz CT molecular complexity index is 421. The molecule has 3 heteroatoms. The average molecular weight is 189 g/mol. The van der Waals surface area contributed by atoms with E-state index >= 15 is 0 Å². The maximum absolute atomic E-state index is 5.27. The fourth-order valence-electron chi connectivity index (χ4n) is 1.48. The maximum atomic E-state index is 5.27. The second kappa shape index (κ2) is 3.54. The van der Waals surface area contributed by atoms with E-state index in [1.54, 1.807) is 13.4 Å². The summed E-state index contributed by atoms with van der Waals surface area (Å²) in [7, 11) is 1.65. The molecule has 14 heavy (non-hydrogen) atoms. The van der Waals surface area contributed by atoms with Crippen molar-refractivity contribution in [3.05, 3.63) is 36.1 Å². The van der Waals surface area contributed by atoms with Gasteiger partial charge in [0.05, 0.1) is 7.11 Å². The number of aromatic nitrogens is 1. The molecule has 0 unspecified atom stereocenters. The van der Waals surface area contributed by atoms with Gasteiger partial charge in [0, 0.05) is 11.6 Å². The van der Waals surface area contributed by atoms with Gasteiger partial charge in [0.25, 0.3) is 0 Å². The first-order chi connectivity index (χ1) is 6.83. The molecule has 1 aromatic heterocycles. The van der Waals surface area contributed by atoms with E-state index in [0.29, 0.717) is 0 Å². The fraction of sp³-hybridized carbons (Fsp3) is 0.182. The van der Waals surface area contributed by atoms with Crippen molar-refractivity contribution in [2.75, 3.05) is 7.11 Å². The molecule has 1 aromatic carbocycles. The van der Waals surface area contributed by atoms with Gasteiger partial charge in [-0.1, -0.05) is 17.3 Å². The highest BCUT2D eigenvalue weighted by molar-refractivity contribution is 5.70. The summed E-state index contributed by atoms with van der Waals surface area (Å²) in [4.78, 5) is 0. The van der Waals surface area contributed by atoms with E-state index in [4.69, 9.17) is 9.26 Å². The Labute approximate surface area is 82.3 Å². The molecule has 0 aliphatic heterocycles. The van der Waals surface area contributed by atoms with Crippen molar-refractivity contribution in [1.29, 1.82) is 0 Å². The van der Waals surface area contributed by atoms with Gasteiger partial charge < -0.3 is 9.26 Å². The number of nitrogens with zero attached hydrogens (tertiary/aromatic N) is 1. The van der Waals surface area contributed by atoms with Crippen molar-refractivity contribution < 1.29 is 9.26 Å². The first kappa shape index (κ1) is 8.81. The first-order valence-electron chi connectivity index (χ1n) is 4.37. The van der Waals surface area contributed by atoms with Crippen LogP contribution in [0.25, 0.3) is 11.3 Å². The maximum Gasteiger partial charge on any atom is 0.128 e. The van der Waals surface area contributed by atoms with Crippen molar-refractivity contribution in [1.82, 2.24) is 5.16 Å². The summed E-state index contributed by atoms with van der Waals surface area (Å²) in [6, 6.07) is 7.71. The molecule has 0 N–H and O–H groups in total. The largest absolute Gasteiger partial charge is 0.496 e. The molecule has 0 aliphatic carbocycles. The van der Waals surface area contributed by atoms with E-state index in [1.807, 2.05) is 31.2 Å². The second-order valence-corrected chi connectivity index (χ2v) is 3.04. The van der Waals surface area contributed by atoms with Crippen molar-refractivity contribution in [3.8, 4) is 17.0 Å². The van der Waals surface area contributed by atoms with Gasteiger partial charge in [-0.05, 0) is 18.6 Å². The van der Waals surface area contributed by atoms with E-state index in [-0.39, 0.29) is 0 Å². The molecule has 2 rings (SSSR count). The summed E-state index contributed by atoms with van der Waals surface area (Å²) in [5.74, 6) is 0.818. The van der Waals surface area contributed by atoms with Gasteiger partial charge in [-0.15, -0.1) is 0 Å². The summed E-state index contributed by atoms with van der Waals surface area (Å²) < 4.78 is 10.1. The molecule has 0 atom stereocenters. The predicted octanol–water partition coefficient (Wildman–Crippen LogP) is 2.66. The fourth-order valence-corrected chi connectivity index (χ4v) is 1.48. The molecular weight excluding hydrogens is 178 g/mol. The molecular formula is C11H11NO2. The van der Waals surface area contributed by atoms with E-state index in [2.05, 4.69) is 5.16 Å². The summed E-state index contributed by atoms with van der Waals surface area (Å²) >= 11 is 0. The van der Waals surface area contributed by atoms with E-state index < -0.39 is 0 Å². The molecule has 0 fully saturated rings. The lowest BCUT2D eigenvalue weighted by atomic mass is 10.0. The lowest BCUT2D eigenvalue weighted by Gasteiger charge is -2.07. The van der Waals surface area contributed by atoms with Crippen LogP contribution >= 0.6 is 0 Å². The van der Waals surface area contributed by atoms with Crippen LogP contribution in [0.4, 0.5) is 0 Å². The third-order valence-corrected chi connectivity index (χ3v) is 2.15. The van der Waals surface area contributed by atoms with Gasteiger partial charge >= 0.3 is 0 Å². The Kier molecular flexibility index (Phi) is 2.23. The Morgan fingerprint density at radius 1 is 1.29 bits per heavy atom. The standard InChI is InChI=1S/C11H11NO2/c1-8-4-3-5-10(13-2)11(8)9-6-7-14-12-9/h3-7H,1-2H3. The van der Waals surface area contributed by atoms with Gasteiger partial charge in [-0.25, -0.2) is 0 Å². The van der Waals surface area contributed by atoms with Crippen LogP contribution in [0, 0.1) is 6.92 Å². The summed E-state index contributed by atoms with van der Waals surface area (Å²) in [6.45, 7) is 2.02. The highest BCUT2D eigenvalue weighted by atomic mass is 16.5. The van der Waals surface area contributed by atoms with Crippen molar-refractivity contribution in [3.63, 3.8) is 0 Å². The molecule has 72 valence electrons. The van der Waals surface area contributed by atoms with E-state index in [1.165, 1.54) is 0 Å². The van der Waals surface area contributed by atoms with Crippen molar-refractivity contribution >= 4 is 0 Å². The van der Waals surface area contributed by atoms with Crippen LogP contribution in [0.5, 0.6) is 5.75 Å². The number of rotatable bonds is 2. The van der Waals surface area contributed by atoms with Gasteiger partial charge in [-0.3, -0.25) is 0 Å². The van der Waals surface area contributed by atoms with Gasteiger partial charge in [0.15, 0.2) is 0 Å². The SMILES string of the molecule is COc1cccc(C)c1-c1ccon1. The molecule has 0 radical (unpaired) electrons. The molecule has 0 amide bonds. The Balaban J connectivity index is 2.61. The van der Waals surface area contributed by atoms with Gasteiger partial charge in [-0.2, -0.15) is 0 Å². The van der Waals surface area contributed by atoms with Crippen molar-refractivity contribution in [2.45, 2.75) is 6.92 Å². The van der Waals surface area contributed by atoms with E-state index in [9.17, 15) is 0 Å². The zero-order valence-electron chi connectivity index (χ0n) is 8.15. The Morgan fingerprint density at radius 2 is 2.14 bits per heavy atom. The minimum Gasteiger partial charge on any atom is -0.496 e. The zero-order valence-corrected chi connectivity index (χ0v) is 8.15. The molecule has 1 heterocycles. The van der Waals surface area contributed by atoms with Crippen LogP contribution < -0.4 is 4.74 Å². The minimum atomic E-state index is 0.806. The van der Waals surface area contributed by atoms with Crippen LogP contribution in [0.2, 0.25) is 0 Å². The molecule has 2 aromatic rings. The van der Waals surface area contributed by atoms with Crippen LogP contribution in [-0.2, 0) is 0 Å². The molecule has 3 nitrogen and oxygen atoms in total. The van der Waals surface area contributed by atoms with Crippen LogP contribution in [0.3, 0.4) is 0 Å².